The Kier molecular flexibility index (Phi) is 4.30. The van der Waals surface area contributed by atoms with E-state index in [1.807, 2.05) is 18.2 Å². The molecule has 0 amide bonds. The quantitative estimate of drug-likeness (QED) is 0.332. The molecule has 3 aromatic rings. The third kappa shape index (κ3) is 3.25. The first-order chi connectivity index (χ1) is 12.0. The number of aromatic amines is 1. The van der Waals surface area contributed by atoms with Crippen molar-refractivity contribution in [1.29, 1.82) is 0 Å². The van der Waals surface area contributed by atoms with Crippen LogP contribution in [0.2, 0.25) is 0 Å². The number of rotatable bonds is 5. The summed E-state index contributed by atoms with van der Waals surface area (Å²) >= 11 is 0. The Bertz CT molecular complexity index is 976. The van der Waals surface area contributed by atoms with Crippen LogP contribution in [0.3, 0.4) is 0 Å². The molecule has 0 spiro atoms. The van der Waals surface area contributed by atoms with E-state index in [2.05, 4.69) is 4.98 Å². The molecule has 126 valence electrons. The van der Waals surface area contributed by atoms with Gasteiger partial charge in [-0.2, -0.15) is 0 Å². The van der Waals surface area contributed by atoms with Gasteiger partial charge in [-0.15, -0.1) is 0 Å². The average molecular weight is 338 g/mol. The number of H-pyrrole nitrogens is 1. The van der Waals surface area contributed by atoms with Gasteiger partial charge in [0, 0.05) is 34.8 Å². The molecular weight excluding hydrogens is 324 g/mol. The monoisotopic (exact) mass is 338 g/mol. The molecule has 3 rings (SSSR count). The summed E-state index contributed by atoms with van der Waals surface area (Å²) in [6, 6.07) is 12.5. The molecule has 0 aliphatic heterocycles. The SMILES string of the molecule is C[C@@H](OC(=O)c1cccc([N+](=O)[O-])c1)C(=O)c1c[nH]c2ccccc12. The summed E-state index contributed by atoms with van der Waals surface area (Å²) in [6.45, 7) is 1.47. The van der Waals surface area contributed by atoms with Gasteiger partial charge in [0.05, 0.1) is 10.5 Å². The van der Waals surface area contributed by atoms with Crippen LogP contribution in [0.1, 0.15) is 27.6 Å². The van der Waals surface area contributed by atoms with Gasteiger partial charge < -0.3 is 9.72 Å². The van der Waals surface area contributed by atoms with E-state index in [-0.39, 0.29) is 17.0 Å². The Hall–Kier alpha value is -3.48. The maximum atomic E-state index is 12.6. The number of nitro groups is 1. The topological polar surface area (TPSA) is 102 Å². The molecule has 7 heteroatoms. The number of nitrogens with one attached hydrogen (secondary N) is 1. The summed E-state index contributed by atoms with van der Waals surface area (Å²) in [5.41, 5.74) is 1.04. The number of nitrogens with zero attached hydrogens (tertiary/aromatic N) is 1. The lowest BCUT2D eigenvalue weighted by Crippen LogP contribution is -2.24. The number of esters is 1. The highest BCUT2D eigenvalue weighted by atomic mass is 16.6. The number of benzene rings is 2. The molecule has 0 saturated heterocycles. The van der Waals surface area contributed by atoms with E-state index in [0.29, 0.717) is 5.56 Å². The summed E-state index contributed by atoms with van der Waals surface area (Å²) in [6.07, 6.45) is 0.552. The molecule has 0 aliphatic rings. The second-order valence-corrected chi connectivity index (χ2v) is 5.47. The number of ketones is 1. The maximum Gasteiger partial charge on any atom is 0.339 e. The van der Waals surface area contributed by atoms with E-state index in [1.165, 1.54) is 25.1 Å². The zero-order valence-corrected chi connectivity index (χ0v) is 13.3. The molecule has 1 heterocycles. The molecule has 0 saturated carbocycles. The number of non-ortho nitro benzene ring substituents is 1. The van der Waals surface area contributed by atoms with Crippen LogP contribution in [-0.4, -0.2) is 27.8 Å². The van der Waals surface area contributed by atoms with Crippen LogP contribution in [0.25, 0.3) is 10.9 Å². The van der Waals surface area contributed by atoms with E-state index in [9.17, 15) is 19.7 Å². The van der Waals surface area contributed by atoms with Gasteiger partial charge in [-0.1, -0.05) is 24.3 Å². The lowest BCUT2D eigenvalue weighted by Gasteiger charge is -2.12. The van der Waals surface area contributed by atoms with Crippen molar-refractivity contribution in [3.05, 3.63) is 76.0 Å². The van der Waals surface area contributed by atoms with Crippen molar-refractivity contribution < 1.29 is 19.2 Å². The predicted octanol–water partition coefficient (Wildman–Crippen LogP) is 3.50. The fraction of sp³-hybridized carbons (Fsp3) is 0.111. The van der Waals surface area contributed by atoms with E-state index >= 15 is 0 Å². The van der Waals surface area contributed by atoms with Crippen molar-refractivity contribution in [3.8, 4) is 0 Å². The molecule has 0 fully saturated rings. The number of carbonyl (C=O) groups is 2. The van der Waals surface area contributed by atoms with E-state index < -0.39 is 17.0 Å². The third-order valence-corrected chi connectivity index (χ3v) is 3.80. The van der Waals surface area contributed by atoms with E-state index in [0.717, 1.165) is 17.0 Å². The largest absolute Gasteiger partial charge is 0.451 e. The minimum Gasteiger partial charge on any atom is -0.451 e. The lowest BCUT2D eigenvalue weighted by molar-refractivity contribution is -0.384. The van der Waals surface area contributed by atoms with Gasteiger partial charge in [-0.05, 0) is 19.1 Å². The Labute approximate surface area is 142 Å². The first-order valence-corrected chi connectivity index (χ1v) is 7.53. The molecule has 25 heavy (non-hydrogen) atoms. The van der Waals surface area contributed by atoms with Crippen LogP contribution in [0.5, 0.6) is 0 Å². The minimum absolute atomic E-state index is 0.0211. The van der Waals surface area contributed by atoms with Gasteiger partial charge in [0.1, 0.15) is 0 Å². The number of ether oxygens (including phenoxy) is 1. The van der Waals surface area contributed by atoms with Gasteiger partial charge in [-0.25, -0.2) is 4.79 Å². The summed E-state index contributed by atoms with van der Waals surface area (Å²) < 4.78 is 5.18. The molecule has 1 N–H and O–H groups in total. The number of nitro benzene ring substituents is 1. The van der Waals surface area contributed by atoms with Gasteiger partial charge in [0.25, 0.3) is 5.69 Å². The summed E-state index contributed by atoms with van der Waals surface area (Å²) in [5.74, 6) is -1.14. The van der Waals surface area contributed by atoms with E-state index in [4.69, 9.17) is 4.74 Å². The van der Waals surface area contributed by atoms with Gasteiger partial charge >= 0.3 is 5.97 Å². The predicted molar refractivity (Wildman–Crippen MR) is 90.6 cm³/mol. The zero-order chi connectivity index (χ0) is 18.0. The molecule has 2 aromatic carbocycles. The van der Waals surface area contributed by atoms with Gasteiger partial charge in [-0.3, -0.25) is 14.9 Å². The highest BCUT2D eigenvalue weighted by Crippen LogP contribution is 2.21. The van der Waals surface area contributed by atoms with Crippen molar-refractivity contribution >= 4 is 28.3 Å². The summed E-state index contributed by atoms with van der Waals surface area (Å²) in [5, 5.41) is 11.5. The van der Waals surface area contributed by atoms with Crippen LogP contribution < -0.4 is 0 Å². The Balaban J connectivity index is 1.78. The van der Waals surface area contributed by atoms with E-state index in [1.54, 1.807) is 12.3 Å². The number of Topliss-reactive ketones (excluding diaryl/α,β-unsaturated/α-hetero) is 1. The zero-order valence-electron chi connectivity index (χ0n) is 13.3. The normalized spacial score (nSPS) is 11.9. The average Bonchev–Trinajstić information content (AvgIpc) is 3.05. The highest BCUT2D eigenvalue weighted by molar-refractivity contribution is 6.10. The van der Waals surface area contributed by atoms with Crippen LogP contribution in [-0.2, 0) is 4.74 Å². The molecule has 0 radical (unpaired) electrons. The van der Waals surface area contributed by atoms with Crippen LogP contribution in [0.4, 0.5) is 5.69 Å². The van der Waals surface area contributed by atoms with Crippen molar-refractivity contribution in [2.24, 2.45) is 0 Å². The third-order valence-electron chi connectivity index (χ3n) is 3.80. The fourth-order valence-electron chi connectivity index (χ4n) is 2.52. The lowest BCUT2D eigenvalue weighted by atomic mass is 10.1. The molecule has 7 nitrogen and oxygen atoms in total. The fourth-order valence-corrected chi connectivity index (χ4v) is 2.52. The first-order valence-electron chi connectivity index (χ1n) is 7.53. The molecule has 0 aliphatic carbocycles. The van der Waals surface area contributed by atoms with Crippen LogP contribution in [0, 0.1) is 10.1 Å². The van der Waals surface area contributed by atoms with Gasteiger partial charge in [0.2, 0.25) is 5.78 Å². The number of fused-ring (bicyclic) bond motifs is 1. The van der Waals surface area contributed by atoms with Gasteiger partial charge in [0.15, 0.2) is 6.10 Å². The number of carbonyl (C=O) groups excluding carboxylic acids is 2. The second kappa shape index (κ2) is 6.56. The Morgan fingerprint density at radius 2 is 1.92 bits per heavy atom. The smallest absolute Gasteiger partial charge is 0.339 e. The number of para-hydroxylation sites is 1. The summed E-state index contributed by atoms with van der Waals surface area (Å²) in [7, 11) is 0. The van der Waals surface area contributed by atoms with Crippen molar-refractivity contribution in [3.63, 3.8) is 0 Å². The maximum absolute atomic E-state index is 12.6. The van der Waals surface area contributed by atoms with Crippen molar-refractivity contribution in [2.75, 3.05) is 0 Å². The van der Waals surface area contributed by atoms with Crippen molar-refractivity contribution in [1.82, 2.24) is 4.98 Å². The molecular formula is C18H14N2O5. The van der Waals surface area contributed by atoms with Crippen molar-refractivity contribution in [2.45, 2.75) is 13.0 Å². The highest BCUT2D eigenvalue weighted by Gasteiger charge is 2.23. The summed E-state index contributed by atoms with van der Waals surface area (Å²) in [4.78, 5) is 37.9. The number of hydrogen-bond acceptors (Lipinski definition) is 5. The minimum atomic E-state index is -1.02. The molecule has 0 bridgehead atoms. The van der Waals surface area contributed by atoms with Crippen LogP contribution in [0.15, 0.2) is 54.7 Å². The molecule has 0 unspecified atom stereocenters. The molecule has 1 atom stereocenters. The first kappa shape index (κ1) is 16.4. The second-order valence-electron chi connectivity index (χ2n) is 5.47. The van der Waals surface area contributed by atoms with Crippen LogP contribution >= 0.6 is 0 Å². The number of aromatic nitrogens is 1. The Morgan fingerprint density at radius 3 is 2.68 bits per heavy atom. The Morgan fingerprint density at radius 1 is 1.16 bits per heavy atom. The number of hydrogen-bond donors (Lipinski definition) is 1. The standard InChI is InChI=1S/C18H14N2O5/c1-11(17(21)15-10-19-16-8-3-2-7-14(15)16)25-18(22)12-5-4-6-13(9-12)20(23)24/h2-11,19H,1H3/t11-/m1/s1. The molecule has 1 aromatic heterocycles.